The van der Waals surface area contributed by atoms with E-state index in [1.807, 2.05) is 55.5 Å². The van der Waals surface area contributed by atoms with E-state index in [-0.39, 0.29) is 12.2 Å². The van der Waals surface area contributed by atoms with Crippen molar-refractivity contribution in [2.45, 2.75) is 20.1 Å². The van der Waals surface area contributed by atoms with Gasteiger partial charge in [0.25, 0.3) is 5.56 Å². The Morgan fingerprint density at radius 2 is 1.89 bits per heavy atom. The summed E-state index contributed by atoms with van der Waals surface area (Å²) in [6.45, 7) is 2.16. The standard InChI is InChI=1S/C22H21N3O3/c1-15-6-8-17(9-7-15)20-19(14-26)21-22(27)24(10-11-25(21)23-20)13-16-4-3-5-18(12-16)28-2/h3-12,26H,13-14H2,1-2H3. The van der Waals surface area contributed by atoms with Crippen LogP contribution < -0.4 is 10.3 Å². The first kappa shape index (κ1) is 18.0. The van der Waals surface area contributed by atoms with Crippen LogP contribution in [0.2, 0.25) is 0 Å². The zero-order chi connectivity index (χ0) is 19.7. The highest BCUT2D eigenvalue weighted by atomic mass is 16.5. The van der Waals surface area contributed by atoms with Gasteiger partial charge < -0.3 is 14.4 Å². The van der Waals surface area contributed by atoms with Crippen molar-refractivity contribution in [1.82, 2.24) is 14.2 Å². The lowest BCUT2D eigenvalue weighted by molar-refractivity contribution is 0.283. The van der Waals surface area contributed by atoms with Crippen LogP contribution in [0.3, 0.4) is 0 Å². The van der Waals surface area contributed by atoms with E-state index in [0.29, 0.717) is 23.3 Å². The summed E-state index contributed by atoms with van der Waals surface area (Å²) in [6.07, 6.45) is 3.45. The van der Waals surface area contributed by atoms with E-state index in [4.69, 9.17) is 4.74 Å². The van der Waals surface area contributed by atoms with Crippen LogP contribution in [-0.4, -0.2) is 26.4 Å². The van der Waals surface area contributed by atoms with Gasteiger partial charge in [0.2, 0.25) is 0 Å². The van der Waals surface area contributed by atoms with Crippen molar-refractivity contribution in [3.63, 3.8) is 0 Å². The first-order valence-electron chi connectivity index (χ1n) is 9.02. The number of benzene rings is 2. The van der Waals surface area contributed by atoms with Gasteiger partial charge in [-0.2, -0.15) is 5.10 Å². The molecule has 0 aliphatic rings. The second-order valence-electron chi connectivity index (χ2n) is 6.73. The van der Waals surface area contributed by atoms with Gasteiger partial charge in [-0.3, -0.25) is 4.79 Å². The summed E-state index contributed by atoms with van der Waals surface area (Å²) in [5.74, 6) is 0.744. The average Bonchev–Trinajstić information content (AvgIpc) is 3.10. The predicted molar refractivity (Wildman–Crippen MR) is 108 cm³/mol. The maximum Gasteiger partial charge on any atom is 0.277 e. The van der Waals surface area contributed by atoms with E-state index in [9.17, 15) is 9.90 Å². The van der Waals surface area contributed by atoms with Crippen molar-refractivity contribution >= 4 is 5.52 Å². The third-order valence-corrected chi connectivity index (χ3v) is 4.83. The Kier molecular flexibility index (Phi) is 4.71. The van der Waals surface area contributed by atoms with E-state index < -0.39 is 0 Å². The Balaban J connectivity index is 1.82. The number of fused-ring (bicyclic) bond motifs is 1. The molecular formula is C22H21N3O3. The molecule has 0 fully saturated rings. The van der Waals surface area contributed by atoms with E-state index in [0.717, 1.165) is 22.4 Å². The summed E-state index contributed by atoms with van der Waals surface area (Å²) in [6, 6.07) is 15.5. The van der Waals surface area contributed by atoms with Crippen LogP contribution in [0.25, 0.3) is 16.8 Å². The average molecular weight is 375 g/mol. The van der Waals surface area contributed by atoms with Crippen LogP contribution >= 0.6 is 0 Å². The van der Waals surface area contributed by atoms with Crippen molar-refractivity contribution in [2.24, 2.45) is 0 Å². The minimum Gasteiger partial charge on any atom is -0.497 e. The van der Waals surface area contributed by atoms with Crippen LogP contribution in [-0.2, 0) is 13.2 Å². The highest BCUT2D eigenvalue weighted by Gasteiger charge is 2.17. The molecule has 0 saturated heterocycles. The smallest absolute Gasteiger partial charge is 0.277 e. The molecule has 0 unspecified atom stereocenters. The van der Waals surface area contributed by atoms with E-state index in [2.05, 4.69) is 5.10 Å². The molecule has 0 aliphatic carbocycles. The van der Waals surface area contributed by atoms with Gasteiger partial charge in [0.15, 0.2) is 0 Å². The Morgan fingerprint density at radius 1 is 1.11 bits per heavy atom. The molecule has 142 valence electrons. The van der Waals surface area contributed by atoms with Crippen molar-refractivity contribution in [3.8, 4) is 17.0 Å². The molecule has 0 radical (unpaired) electrons. The quantitative estimate of drug-likeness (QED) is 0.582. The van der Waals surface area contributed by atoms with Crippen LogP contribution in [0.4, 0.5) is 0 Å². The topological polar surface area (TPSA) is 68.8 Å². The first-order chi connectivity index (χ1) is 13.6. The van der Waals surface area contributed by atoms with E-state index >= 15 is 0 Å². The molecule has 0 amide bonds. The molecule has 6 heteroatoms. The number of aliphatic hydroxyl groups excluding tert-OH is 1. The molecule has 0 atom stereocenters. The lowest BCUT2D eigenvalue weighted by Gasteiger charge is -2.08. The minimum atomic E-state index is -0.259. The molecule has 2 heterocycles. The summed E-state index contributed by atoms with van der Waals surface area (Å²) in [5, 5.41) is 14.5. The van der Waals surface area contributed by atoms with Crippen molar-refractivity contribution in [3.05, 3.63) is 88.0 Å². The molecule has 2 aromatic heterocycles. The van der Waals surface area contributed by atoms with Gasteiger partial charge in [0.1, 0.15) is 11.3 Å². The molecule has 0 saturated carbocycles. The molecule has 1 N–H and O–H groups in total. The van der Waals surface area contributed by atoms with Gasteiger partial charge in [-0.05, 0) is 24.6 Å². The highest BCUT2D eigenvalue weighted by molar-refractivity contribution is 5.72. The summed E-state index contributed by atoms with van der Waals surface area (Å²) < 4.78 is 8.42. The normalized spacial score (nSPS) is 11.1. The molecule has 4 aromatic rings. The lowest BCUT2D eigenvalue weighted by atomic mass is 10.1. The van der Waals surface area contributed by atoms with E-state index in [1.165, 1.54) is 0 Å². The van der Waals surface area contributed by atoms with Gasteiger partial charge >= 0.3 is 0 Å². The number of aryl methyl sites for hydroxylation is 1. The fourth-order valence-corrected chi connectivity index (χ4v) is 3.34. The molecular weight excluding hydrogens is 354 g/mol. The summed E-state index contributed by atoms with van der Waals surface area (Å²) in [4.78, 5) is 13.1. The zero-order valence-electron chi connectivity index (χ0n) is 15.8. The number of aromatic nitrogens is 3. The second-order valence-corrected chi connectivity index (χ2v) is 6.73. The third kappa shape index (κ3) is 3.18. The predicted octanol–water partition coefficient (Wildman–Crippen LogP) is 3.02. The number of rotatable bonds is 5. The van der Waals surface area contributed by atoms with Crippen molar-refractivity contribution in [2.75, 3.05) is 7.11 Å². The fraction of sp³-hybridized carbons (Fsp3) is 0.182. The minimum absolute atomic E-state index is 0.194. The van der Waals surface area contributed by atoms with Gasteiger partial charge in [-0.25, -0.2) is 4.52 Å². The number of hydrogen-bond acceptors (Lipinski definition) is 4. The molecule has 4 rings (SSSR count). The Hall–Kier alpha value is -3.38. The van der Waals surface area contributed by atoms with Crippen LogP contribution in [0.15, 0.2) is 65.7 Å². The summed E-state index contributed by atoms with van der Waals surface area (Å²) >= 11 is 0. The molecule has 0 spiro atoms. The van der Waals surface area contributed by atoms with Gasteiger partial charge in [-0.15, -0.1) is 0 Å². The van der Waals surface area contributed by atoms with Crippen LogP contribution in [0.5, 0.6) is 5.75 Å². The number of ether oxygens (including phenoxy) is 1. The maximum absolute atomic E-state index is 13.1. The SMILES string of the molecule is COc1cccc(Cn2ccn3nc(-c4ccc(C)cc4)c(CO)c3c2=O)c1. The number of methoxy groups -OCH3 is 1. The monoisotopic (exact) mass is 375 g/mol. The molecule has 2 aromatic carbocycles. The number of hydrogen-bond donors (Lipinski definition) is 1. The number of nitrogens with zero attached hydrogens (tertiary/aromatic N) is 3. The first-order valence-corrected chi connectivity index (χ1v) is 9.02. The Morgan fingerprint density at radius 3 is 2.61 bits per heavy atom. The third-order valence-electron chi connectivity index (χ3n) is 4.83. The van der Waals surface area contributed by atoms with Gasteiger partial charge in [0.05, 0.1) is 26.0 Å². The molecule has 6 nitrogen and oxygen atoms in total. The van der Waals surface area contributed by atoms with Crippen LogP contribution in [0, 0.1) is 6.92 Å². The fourth-order valence-electron chi connectivity index (χ4n) is 3.34. The Labute approximate surface area is 162 Å². The highest BCUT2D eigenvalue weighted by Crippen LogP contribution is 2.25. The summed E-state index contributed by atoms with van der Waals surface area (Å²) in [7, 11) is 1.61. The van der Waals surface area contributed by atoms with Crippen molar-refractivity contribution in [1.29, 1.82) is 0 Å². The second kappa shape index (κ2) is 7.32. The Bertz CT molecular complexity index is 1190. The molecule has 0 aliphatic heterocycles. The molecule has 0 bridgehead atoms. The lowest BCUT2D eigenvalue weighted by Crippen LogP contribution is -2.22. The van der Waals surface area contributed by atoms with Gasteiger partial charge in [-0.1, -0.05) is 42.0 Å². The molecule has 28 heavy (non-hydrogen) atoms. The van der Waals surface area contributed by atoms with Gasteiger partial charge in [0, 0.05) is 23.5 Å². The van der Waals surface area contributed by atoms with E-state index in [1.54, 1.807) is 28.6 Å². The largest absolute Gasteiger partial charge is 0.497 e. The van der Waals surface area contributed by atoms with Crippen molar-refractivity contribution < 1.29 is 9.84 Å². The maximum atomic E-state index is 13.1. The van der Waals surface area contributed by atoms with Crippen LogP contribution in [0.1, 0.15) is 16.7 Å². The number of aliphatic hydroxyl groups is 1. The zero-order valence-corrected chi connectivity index (χ0v) is 15.8. The summed E-state index contributed by atoms with van der Waals surface area (Å²) in [5.41, 5.74) is 4.32.